The number of anilines is 1. The van der Waals surface area contributed by atoms with Crippen LogP contribution < -0.4 is 5.32 Å². The maximum atomic E-state index is 12.7. The van der Waals surface area contributed by atoms with Gasteiger partial charge in [0.05, 0.1) is 10.0 Å². The number of nitrogens with zero attached hydrogens (tertiary/aromatic N) is 2. The Balaban J connectivity index is 2.38. The van der Waals surface area contributed by atoms with Crippen LogP contribution in [0.4, 0.5) is 5.69 Å². The number of aromatic nitrogens is 1. The van der Waals surface area contributed by atoms with E-state index >= 15 is 0 Å². The Labute approximate surface area is 167 Å². The molecule has 0 radical (unpaired) electrons. The Hall–Kier alpha value is -1.38. The molecule has 1 aromatic carbocycles. The number of benzene rings is 1. The van der Waals surface area contributed by atoms with E-state index in [2.05, 4.69) is 10.3 Å². The predicted octanol–water partition coefficient (Wildman–Crippen LogP) is 4.32. The summed E-state index contributed by atoms with van der Waals surface area (Å²) in [6.45, 7) is 4.06. The molecule has 140 valence electrons. The molecule has 1 amide bonds. The topological polar surface area (TPSA) is 79.4 Å². The first kappa shape index (κ1) is 20.9. The fraction of sp³-hybridized carbons (Fsp3) is 0.250. The van der Waals surface area contributed by atoms with E-state index in [-0.39, 0.29) is 31.5 Å². The zero-order valence-electron chi connectivity index (χ0n) is 14.0. The third-order valence-electron chi connectivity index (χ3n) is 3.54. The Morgan fingerprint density at radius 2 is 1.69 bits per heavy atom. The summed E-state index contributed by atoms with van der Waals surface area (Å²) >= 11 is 17.8. The average Bonchev–Trinajstić information content (AvgIpc) is 2.59. The lowest BCUT2D eigenvalue weighted by atomic mass is 10.3. The molecule has 0 saturated heterocycles. The summed E-state index contributed by atoms with van der Waals surface area (Å²) in [4.78, 5) is 16.2. The molecule has 0 aliphatic rings. The second-order valence-corrected chi connectivity index (χ2v) is 8.26. The predicted molar refractivity (Wildman–Crippen MR) is 104 cm³/mol. The lowest BCUT2D eigenvalue weighted by Gasteiger charge is -2.19. The van der Waals surface area contributed by atoms with E-state index in [1.165, 1.54) is 34.6 Å². The average molecular weight is 437 g/mol. The third kappa shape index (κ3) is 4.47. The van der Waals surface area contributed by atoms with Crippen LogP contribution in [0, 0.1) is 0 Å². The van der Waals surface area contributed by atoms with Crippen LogP contribution in [-0.2, 0) is 10.0 Å². The highest BCUT2D eigenvalue weighted by atomic mass is 35.5. The van der Waals surface area contributed by atoms with Crippen molar-refractivity contribution in [3.8, 4) is 0 Å². The van der Waals surface area contributed by atoms with E-state index in [1.54, 1.807) is 13.8 Å². The number of carbonyl (C=O) groups excluding carboxylic acids is 1. The van der Waals surface area contributed by atoms with Gasteiger partial charge >= 0.3 is 0 Å². The lowest BCUT2D eigenvalue weighted by Crippen LogP contribution is -2.30. The summed E-state index contributed by atoms with van der Waals surface area (Å²) in [5, 5.41) is 2.85. The van der Waals surface area contributed by atoms with E-state index in [1.807, 2.05) is 0 Å². The summed E-state index contributed by atoms with van der Waals surface area (Å²) in [5.74, 6) is -0.619. The first-order chi connectivity index (χ1) is 12.2. The summed E-state index contributed by atoms with van der Waals surface area (Å²) in [6, 6.07) is 7.09. The van der Waals surface area contributed by atoms with Gasteiger partial charge < -0.3 is 5.32 Å². The molecule has 0 aliphatic heterocycles. The highest BCUT2D eigenvalue weighted by Crippen LogP contribution is 2.28. The summed E-state index contributed by atoms with van der Waals surface area (Å²) in [5.41, 5.74) is 0.172. The molecule has 26 heavy (non-hydrogen) atoms. The molecule has 1 heterocycles. The third-order valence-corrected chi connectivity index (χ3v) is 6.59. The molecule has 6 nitrogen and oxygen atoms in total. The summed E-state index contributed by atoms with van der Waals surface area (Å²) in [7, 11) is -3.78. The Kier molecular flexibility index (Phi) is 6.87. The first-order valence-electron chi connectivity index (χ1n) is 7.63. The zero-order chi connectivity index (χ0) is 19.5. The molecular formula is C16H16Cl3N3O3S. The minimum Gasteiger partial charge on any atom is -0.321 e. The van der Waals surface area contributed by atoms with E-state index < -0.39 is 15.9 Å². The van der Waals surface area contributed by atoms with Crippen molar-refractivity contribution in [2.75, 3.05) is 18.4 Å². The van der Waals surface area contributed by atoms with Gasteiger partial charge in [0.15, 0.2) is 0 Å². The largest absolute Gasteiger partial charge is 0.321 e. The second kappa shape index (κ2) is 8.54. The fourth-order valence-electron chi connectivity index (χ4n) is 2.25. The van der Waals surface area contributed by atoms with Gasteiger partial charge in [0.1, 0.15) is 15.7 Å². The number of pyridine rings is 1. The first-order valence-corrected chi connectivity index (χ1v) is 10.2. The van der Waals surface area contributed by atoms with Gasteiger partial charge in [-0.2, -0.15) is 4.31 Å². The van der Waals surface area contributed by atoms with Crippen molar-refractivity contribution in [2.45, 2.75) is 18.7 Å². The Morgan fingerprint density at radius 1 is 1.08 bits per heavy atom. The van der Waals surface area contributed by atoms with Crippen LogP contribution >= 0.6 is 34.8 Å². The maximum absolute atomic E-state index is 12.7. The Bertz CT molecular complexity index is 932. The van der Waals surface area contributed by atoms with Crippen molar-refractivity contribution < 1.29 is 13.2 Å². The molecule has 0 saturated carbocycles. The zero-order valence-corrected chi connectivity index (χ0v) is 17.0. The number of sulfonamides is 1. The van der Waals surface area contributed by atoms with Crippen LogP contribution in [0.15, 0.2) is 35.2 Å². The summed E-state index contributed by atoms with van der Waals surface area (Å²) in [6.07, 6.45) is 0. The van der Waals surface area contributed by atoms with Crippen LogP contribution in [-0.4, -0.2) is 36.7 Å². The van der Waals surface area contributed by atoms with E-state index in [9.17, 15) is 13.2 Å². The molecule has 2 rings (SSSR count). The SMILES string of the molecule is CCN(CC)S(=O)(=O)c1cc(NC(=O)c2nc(Cl)ccc2Cl)ccc1Cl. The van der Waals surface area contributed by atoms with Gasteiger partial charge in [-0.05, 0) is 30.3 Å². The lowest BCUT2D eigenvalue weighted by molar-refractivity contribution is 0.102. The van der Waals surface area contributed by atoms with E-state index in [0.29, 0.717) is 13.1 Å². The van der Waals surface area contributed by atoms with Crippen LogP contribution in [0.3, 0.4) is 0 Å². The van der Waals surface area contributed by atoms with Crippen molar-refractivity contribution in [2.24, 2.45) is 0 Å². The molecule has 0 spiro atoms. The highest BCUT2D eigenvalue weighted by Gasteiger charge is 2.25. The quantitative estimate of drug-likeness (QED) is 0.684. The number of hydrogen-bond donors (Lipinski definition) is 1. The normalized spacial score (nSPS) is 11.6. The fourth-order valence-corrected chi connectivity index (χ4v) is 4.55. The van der Waals surface area contributed by atoms with Gasteiger partial charge in [-0.25, -0.2) is 13.4 Å². The molecule has 1 aromatic heterocycles. The molecule has 0 fully saturated rings. The van der Waals surface area contributed by atoms with E-state index in [4.69, 9.17) is 34.8 Å². The number of carbonyl (C=O) groups is 1. The van der Waals surface area contributed by atoms with Gasteiger partial charge in [0, 0.05) is 18.8 Å². The van der Waals surface area contributed by atoms with Gasteiger partial charge in [-0.1, -0.05) is 48.7 Å². The van der Waals surface area contributed by atoms with Crippen molar-refractivity contribution in [3.05, 3.63) is 51.2 Å². The highest BCUT2D eigenvalue weighted by molar-refractivity contribution is 7.89. The molecule has 0 aliphatic carbocycles. The van der Waals surface area contributed by atoms with Crippen molar-refractivity contribution in [3.63, 3.8) is 0 Å². The van der Waals surface area contributed by atoms with E-state index in [0.717, 1.165) is 0 Å². The van der Waals surface area contributed by atoms with Gasteiger partial charge in [-0.15, -0.1) is 0 Å². The van der Waals surface area contributed by atoms with Crippen LogP contribution in [0.2, 0.25) is 15.2 Å². The number of hydrogen-bond acceptors (Lipinski definition) is 4. The molecule has 1 N–H and O–H groups in total. The number of rotatable bonds is 6. The van der Waals surface area contributed by atoms with Gasteiger partial charge in [0.25, 0.3) is 5.91 Å². The van der Waals surface area contributed by atoms with Crippen LogP contribution in [0.1, 0.15) is 24.3 Å². The number of amides is 1. The van der Waals surface area contributed by atoms with Crippen molar-refractivity contribution in [1.29, 1.82) is 0 Å². The standard InChI is InChI=1S/C16H16Cl3N3O3S/c1-3-22(4-2)26(24,25)13-9-10(5-6-11(13)17)20-16(23)15-12(18)7-8-14(19)21-15/h5-9H,3-4H2,1-2H3,(H,20,23). The minimum atomic E-state index is -3.78. The molecule has 2 aromatic rings. The Morgan fingerprint density at radius 3 is 2.31 bits per heavy atom. The van der Waals surface area contributed by atoms with Crippen molar-refractivity contribution >= 4 is 56.4 Å². The van der Waals surface area contributed by atoms with Crippen LogP contribution in [0.25, 0.3) is 0 Å². The molecular weight excluding hydrogens is 421 g/mol. The monoisotopic (exact) mass is 435 g/mol. The minimum absolute atomic E-state index is 0.0637. The molecule has 0 bridgehead atoms. The van der Waals surface area contributed by atoms with Crippen LogP contribution in [0.5, 0.6) is 0 Å². The summed E-state index contributed by atoms with van der Waals surface area (Å²) < 4.78 is 26.7. The van der Waals surface area contributed by atoms with Gasteiger partial charge in [-0.3, -0.25) is 4.79 Å². The second-order valence-electron chi connectivity index (χ2n) is 5.15. The molecule has 0 atom stereocenters. The molecule has 0 unspecified atom stereocenters. The van der Waals surface area contributed by atoms with Gasteiger partial charge in [0.2, 0.25) is 10.0 Å². The van der Waals surface area contributed by atoms with Crippen molar-refractivity contribution in [1.82, 2.24) is 9.29 Å². The number of halogens is 3. The maximum Gasteiger partial charge on any atom is 0.275 e. The smallest absolute Gasteiger partial charge is 0.275 e. The number of nitrogens with one attached hydrogen (secondary N) is 1. The molecule has 10 heteroatoms.